The summed E-state index contributed by atoms with van der Waals surface area (Å²) in [5.74, 6) is 0.126. The zero-order valence-electron chi connectivity index (χ0n) is 17.2. The molecular weight excluding hydrogens is 414 g/mol. The fourth-order valence-corrected chi connectivity index (χ4v) is 3.56. The Balaban J connectivity index is 1.61. The Kier molecular flexibility index (Phi) is 5.48. The number of anilines is 2. The lowest BCUT2D eigenvalue weighted by Gasteiger charge is -2.09. The highest BCUT2D eigenvalue weighted by atomic mass is 35.5. The highest BCUT2D eigenvalue weighted by Crippen LogP contribution is 2.26. The van der Waals surface area contributed by atoms with E-state index in [4.69, 9.17) is 23.1 Å². The van der Waals surface area contributed by atoms with E-state index in [1.165, 1.54) is 5.56 Å². The van der Waals surface area contributed by atoms with Gasteiger partial charge in [-0.3, -0.25) is 4.79 Å². The van der Waals surface area contributed by atoms with E-state index in [9.17, 15) is 4.79 Å². The number of aromatic nitrogens is 4. The Morgan fingerprint density at radius 1 is 1.03 bits per heavy atom. The van der Waals surface area contributed by atoms with Crippen LogP contribution in [0.4, 0.5) is 11.6 Å². The van der Waals surface area contributed by atoms with Crippen molar-refractivity contribution in [2.45, 2.75) is 26.9 Å². The number of hydrogen-bond acceptors (Lipinski definition) is 6. The van der Waals surface area contributed by atoms with Gasteiger partial charge in [0.1, 0.15) is 5.82 Å². The van der Waals surface area contributed by atoms with Crippen LogP contribution < -0.4 is 16.8 Å². The molecule has 9 heteroatoms. The minimum absolute atomic E-state index is 0.0205. The maximum Gasteiger partial charge on any atom is 0.274 e. The molecule has 0 saturated carbocycles. The van der Waals surface area contributed by atoms with Crippen molar-refractivity contribution in [3.8, 4) is 11.1 Å². The van der Waals surface area contributed by atoms with Gasteiger partial charge in [-0.25, -0.2) is 15.0 Å². The number of nitrogens with two attached hydrogens (primary N) is 2. The first-order valence-corrected chi connectivity index (χ1v) is 10.2. The summed E-state index contributed by atoms with van der Waals surface area (Å²) in [4.78, 5) is 25.0. The predicted octanol–water partition coefficient (Wildman–Crippen LogP) is 3.57. The third-order valence-electron chi connectivity index (χ3n) is 5.06. The van der Waals surface area contributed by atoms with E-state index in [0.29, 0.717) is 6.54 Å². The Labute approximate surface area is 184 Å². The van der Waals surface area contributed by atoms with Crippen LogP contribution in [0.2, 0.25) is 5.15 Å². The van der Waals surface area contributed by atoms with Gasteiger partial charge in [-0.2, -0.15) is 0 Å². The zero-order chi connectivity index (χ0) is 22.1. The normalized spacial score (nSPS) is 11.1. The van der Waals surface area contributed by atoms with E-state index in [0.717, 1.165) is 28.0 Å². The molecule has 0 saturated heterocycles. The fraction of sp³-hybridized carbons (Fsp3) is 0.182. The van der Waals surface area contributed by atoms with Crippen LogP contribution in [0.15, 0.2) is 42.5 Å². The predicted molar refractivity (Wildman–Crippen MR) is 123 cm³/mol. The second kappa shape index (κ2) is 8.23. The minimum Gasteiger partial charge on any atom is -0.382 e. The zero-order valence-corrected chi connectivity index (χ0v) is 17.9. The number of nitrogens with zero attached hydrogens (tertiary/aromatic N) is 4. The smallest absolute Gasteiger partial charge is 0.274 e. The molecule has 0 bridgehead atoms. The number of benzene rings is 2. The lowest BCUT2D eigenvalue weighted by molar-refractivity contribution is 0.0945. The van der Waals surface area contributed by atoms with E-state index in [1.54, 1.807) is 0 Å². The molecule has 5 N–H and O–H groups in total. The van der Waals surface area contributed by atoms with Crippen LogP contribution >= 0.6 is 11.6 Å². The van der Waals surface area contributed by atoms with Crippen LogP contribution in [0.25, 0.3) is 22.2 Å². The van der Waals surface area contributed by atoms with Gasteiger partial charge in [0.2, 0.25) is 0 Å². The molecule has 4 aromatic rings. The first-order chi connectivity index (χ1) is 14.9. The molecule has 31 heavy (non-hydrogen) atoms. The second-order valence-electron chi connectivity index (χ2n) is 7.16. The highest BCUT2D eigenvalue weighted by Gasteiger charge is 2.17. The number of carbonyl (C=O) groups excluding carboxylic acids is 1. The molecule has 4 rings (SSSR count). The van der Waals surface area contributed by atoms with Gasteiger partial charge in [0.05, 0.1) is 17.6 Å². The second-order valence-corrected chi connectivity index (χ2v) is 7.52. The summed E-state index contributed by atoms with van der Waals surface area (Å²) >= 11 is 5.87. The van der Waals surface area contributed by atoms with Crippen molar-refractivity contribution in [1.29, 1.82) is 0 Å². The number of carbonyl (C=O) groups is 1. The van der Waals surface area contributed by atoms with Crippen LogP contribution in [0, 0.1) is 6.92 Å². The first-order valence-electron chi connectivity index (χ1n) is 9.80. The summed E-state index contributed by atoms with van der Waals surface area (Å²) in [5, 5.41) is 2.72. The molecule has 0 fully saturated rings. The van der Waals surface area contributed by atoms with Crippen molar-refractivity contribution in [2.75, 3.05) is 11.5 Å². The van der Waals surface area contributed by atoms with Gasteiger partial charge in [-0.05, 0) is 37.1 Å². The third kappa shape index (κ3) is 4.02. The van der Waals surface area contributed by atoms with Crippen molar-refractivity contribution in [2.24, 2.45) is 0 Å². The molecule has 0 radical (unpaired) electrons. The molecule has 2 aromatic heterocycles. The lowest BCUT2D eigenvalue weighted by Crippen LogP contribution is -2.27. The SMILES string of the molecule is CCn1c(CNC(=O)c2nc(Cl)c(N)nc2N)nc2ccc(-c3ccc(C)cc3)cc21. The molecule has 0 atom stereocenters. The van der Waals surface area contributed by atoms with Gasteiger partial charge < -0.3 is 21.4 Å². The fourth-order valence-electron chi connectivity index (χ4n) is 3.44. The van der Waals surface area contributed by atoms with E-state index >= 15 is 0 Å². The Morgan fingerprint density at radius 2 is 1.74 bits per heavy atom. The number of imidazole rings is 1. The molecule has 0 aliphatic heterocycles. The Morgan fingerprint density at radius 3 is 2.45 bits per heavy atom. The number of fused-ring (bicyclic) bond motifs is 1. The number of aryl methyl sites for hydroxylation is 2. The summed E-state index contributed by atoms with van der Waals surface area (Å²) in [6.07, 6.45) is 0. The van der Waals surface area contributed by atoms with Crippen LogP contribution in [0.1, 0.15) is 28.8 Å². The van der Waals surface area contributed by atoms with Crippen molar-refractivity contribution < 1.29 is 4.79 Å². The maximum absolute atomic E-state index is 12.6. The van der Waals surface area contributed by atoms with Crippen LogP contribution in [0.5, 0.6) is 0 Å². The monoisotopic (exact) mass is 435 g/mol. The number of halogens is 1. The van der Waals surface area contributed by atoms with Gasteiger partial charge >= 0.3 is 0 Å². The lowest BCUT2D eigenvalue weighted by atomic mass is 10.0. The van der Waals surface area contributed by atoms with Gasteiger partial charge in [0.15, 0.2) is 22.5 Å². The number of nitrogens with one attached hydrogen (secondary N) is 1. The van der Waals surface area contributed by atoms with Gasteiger partial charge in [-0.1, -0.05) is 47.5 Å². The molecule has 0 spiro atoms. The third-order valence-corrected chi connectivity index (χ3v) is 5.33. The Bertz CT molecular complexity index is 1280. The summed E-state index contributed by atoms with van der Waals surface area (Å²) < 4.78 is 2.07. The summed E-state index contributed by atoms with van der Waals surface area (Å²) in [6, 6.07) is 14.6. The molecule has 158 valence electrons. The van der Waals surface area contributed by atoms with Crippen LogP contribution in [-0.2, 0) is 13.1 Å². The van der Waals surface area contributed by atoms with Gasteiger partial charge in [-0.15, -0.1) is 0 Å². The molecule has 0 aliphatic carbocycles. The quantitative estimate of drug-likeness (QED) is 0.440. The molecule has 2 heterocycles. The van der Waals surface area contributed by atoms with E-state index in [2.05, 4.69) is 68.2 Å². The maximum atomic E-state index is 12.6. The Hall–Kier alpha value is -3.65. The number of nitrogen functional groups attached to an aromatic ring is 2. The summed E-state index contributed by atoms with van der Waals surface area (Å²) in [6.45, 7) is 5.00. The topological polar surface area (TPSA) is 125 Å². The molecule has 0 aliphatic rings. The van der Waals surface area contributed by atoms with E-state index < -0.39 is 5.91 Å². The average molecular weight is 436 g/mol. The number of hydrogen-bond donors (Lipinski definition) is 3. The van der Waals surface area contributed by atoms with Crippen molar-refractivity contribution in [3.63, 3.8) is 0 Å². The van der Waals surface area contributed by atoms with Crippen LogP contribution in [0.3, 0.4) is 0 Å². The van der Waals surface area contributed by atoms with E-state index in [-0.39, 0.29) is 29.0 Å². The summed E-state index contributed by atoms with van der Waals surface area (Å²) in [5.41, 5.74) is 16.6. The minimum atomic E-state index is -0.498. The van der Waals surface area contributed by atoms with Gasteiger partial charge in [0, 0.05) is 6.54 Å². The van der Waals surface area contributed by atoms with Gasteiger partial charge in [0.25, 0.3) is 5.91 Å². The van der Waals surface area contributed by atoms with Crippen molar-refractivity contribution >= 4 is 40.2 Å². The molecule has 8 nitrogen and oxygen atoms in total. The molecule has 1 amide bonds. The van der Waals surface area contributed by atoms with E-state index in [1.807, 2.05) is 13.0 Å². The van der Waals surface area contributed by atoms with Crippen LogP contribution in [-0.4, -0.2) is 25.4 Å². The summed E-state index contributed by atoms with van der Waals surface area (Å²) in [7, 11) is 0. The number of amides is 1. The first kappa shape index (κ1) is 20.6. The standard InChI is InChI=1S/C22H22ClN7O/c1-3-30-16-10-14(13-6-4-12(2)5-7-13)8-9-15(16)27-17(30)11-26-22(31)18-20(24)29-21(25)19(23)28-18/h4-10H,3,11H2,1-2H3,(H,26,31)(H4,24,25,29). The molecular formula is C22H22ClN7O. The van der Waals surface area contributed by atoms with Crippen molar-refractivity contribution in [3.05, 3.63) is 64.7 Å². The average Bonchev–Trinajstić information content (AvgIpc) is 3.11. The highest BCUT2D eigenvalue weighted by molar-refractivity contribution is 6.31. The molecule has 2 aromatic carbocycles. The van der Waals surface area contributed by atoms with Crippen molar-refractivity contribution in [1.82, 2.24) is 24.8 Å². The number of rotatable bonds is 5. The molecule has 0 unspecified atom stereocenters. The largest absolute Gasteiger partial charge is 0.382 e.